The Hall–Kier alpha value is -3.22. The van der Waals surface area contributed by atoms with Crippen LogP contribution in [-0.2, 0) is 9.53 Å². The van der Waals surface area contributed by atoms with Crippen LogP contribution in [0.4, 0.5) is 11.4 Å². The third-order valence-corrected chi connectivity index (χ3v) is 4.80. The first-order valence-electron chi connectivity index (χ1n) is 9.23. The highest BCUT2D eigenvalue weighted by Crippen LogP contribution is 2.28. The summed E-state index contributed by atoms with van der Waals surface area (Å²) in [6.07, 6.45) is 0. The Kier molecular flexibility index (Phi) is 6.37. The average molecular weight is 383 g/mol. The summed E-state index contributed by atoms with van der Waals surface area (Å²) in [6.45, 7) is 2.28. The lowest BCUT2D eigenvalue weighted by molar-refractivity contribution is -0.134. The average Bonchev–Trinajstić information content (AvgIpc) is 2.77. The molecule has 1 saturated heterocycles. The molecule has 2 aromatic rings. The van der Waals surface area contributed by atoms with E-state index in [1.807, 2.05) is 30.3 Å². The minimum absolute atomic E-state index is 0.185. The number of piperazine rings is 1. The van der Waals surface area contributed by atoms with Crippen molar-refractivity contribution in [2.75, 3.05) is 57.2 Å². The molecule has 0 radical (unpaired) electrons. The van der Waals surface area contributed by atoms with Gasteiger partial charge in [0.25, 0.3) is 5.91 Å². The topological polar surface area (TPSA) is 71.1 Å². The third-order valence-electron chi connectivity index (χ3n) is 4.80. The number of para-hydroxylation sites is 3. The lowest BCUT2D eigenvalue weighted by atomic mass is 10.2. The van der Waals surface area contributed by atoms with E-state index in [1.165, 1.54) is 0 Å². The van der Waals surface area contributed by atoms with Crippen LogP contribution in [0.25, 0.3) is 0 Å². The Morgan fingerprint density at radius 3 is 2.39 bits per heavy atom. The molecule has 1 fully saturated rings. The van der Waals surface area contributed by atoms with Crippen LogP contribution >= 0.6 is 0 Å². The molecule has 148 valence electrons. The van der Waals surface area contributed by atoms with Crippen LogP contribution in [-0.4, -0.2) is 63.7 Å². The largest absolute Gasteiger partial charge is 0.495 e. The highest BCUT2D eigenvalue weighted by molar-refractivity contribution is 5.96. The zero-order valence-electron chi connectivity index (χ0n) is 16.2. The van der Waals surface area contributed by atoms with Gasteiger partial charge in [-0.15, -0.1) is 0 Å². The molecule has 7 nitrogen and oxygen atoms in total. The van der Waals surface area contributed by atoms with Gasteiger partial charge in [0.1, 0.15) is 5.75 Å². The fraction of sp³-hybridized carbons (Fsp3) is 0.333. The number of methoxy groups -OCH3 is 1. The summed E-state index contributed by atoms with van der Waals surface area (Å²) in [6, 6.07) is 14.9. The minimum atomic E-state index is -0.508. The van der Waals surface area contributed by atoms with Crippen LogP contribution in [0.15, 0.2) is 48.5 Å². The van der Waals surface area contributed by atoms with Gasteiger partial charge in [-0.25, -0.2) is 4.79 Å². The van der Waals surface area contributed by atoms with Crippen LogP contribution in [0, 0.1) is 0 Å². The molecular weight excluding hydrogens is 358 g/mol. The molecule has 0 aromatic heterocycles. The van der Waals surface area contributed by atoms with Gasteiger partial charge in [-0.3, -0.25) is 4.79 Å². The summed E-state index contributed by atoms with van der Waals surface area (Å²) < 4.78 is 10.6. The molecule has 0 aliphatic carbocycles. The van der Waals surface area contributed by atoms with E-state index in [0.717, 1.165) is 11.4 Å². The summed E-state index contributed by atoms with van der Waals surface area (Å²) >= 11 is 0. The number of carbonyl (C=O) groups excluding carboxylic acids is 2. The summed E-state index contributed by atoms with van der Waals surface area (Å²) in [4.78, 5) is 28.6. The fourth-order valence-corrected chi connectivity index (χ4v) is 3.26. The summed E-state index contributed by atoms with van der Waals surface area (Å²) in [5.41, 5.74) is 2.11. The van der Waals surface area contributed by atoms with Gasteiger partial charge in [0.05, 0.1) is 18.4 Å². The van der Waals surface area contributed by atoms with Gasteiger partial charge in [0.2, 0.25) is 0 Å². The summed E-state index contributed by atoms with van der Waals surface area (Å²) in [7, 11) is 3.39. The zero-order valence-corrected chi connectivity index (χ0v) is 16.2. The van der Waals surface area contributed by atoms with Crippen molar-refractivity contribution in [1.29, 1.82) is 0 Å². The van der Waals surface area contributed by atoms with Crippen LogP contribution in [0.5, 0.6) is 5.75 Å². The van der Waals surface area contributed by atoms with Gasteiger partial charge in [-0.1, -0.05) is 24.3 Å². The molecule has 7 heteroatoms. The van der Waals surface area contributed by atoms with Gasteiger partial charge < -0.3 is 24.6 Å². The third kappa shape index (κ3) is 4.36. The maximum absolute atomic E-state index is 12.4. The molecule has 1 amide bonds. The van der Waals surface area contributed by atoms with Crippen LogP contribution < -0.4 is 15.0 Å². The van der Waals surface area contributed by atoms with Gasteiger partial charge in [0, 0.05) is 38.9 Å². The molecule has 2 aromatic carbocycles. The van der Waals surface area contributed by atoms with Gasteiger partial charge >= 0.3 is 5.97 Å². The van der Waals surface area contributed by atoms with Crippen molar-refractivity contribution >= 4 is 23.3 Å². The number of ether oxygens (including phenoxy) is 2. The lowest BCUT2D eigenvalue weighted by Crippen LogP contribution is -2.50. The molecular formula is C21H25N3O4. The minimum Gasteiger partial charge on any atom is -0.495 e. The number of hydrogen-bond donors (Lipinski definition) is 1. The van der Waals surface area contributed by atoms with Gasteiger partial charge in [-0.05, 0) is 24.3 Å². The Balaban J connectivity index is 1.52. The molecule has 0 saturated carbocycles. The fourth-order valence-electron chi connectivity index (χ4n) is 3.26. The zero-order chi connectivity index (χ0) is 19.9. The molecule has 1 aliphatic rings. The highest BCUT2D eigenvalue weighted by atomic mass is 16.5. The number of amides is 1. The smallest absolute Gasteiger partial charge is 0.340 e. The number of nitrogens with one attached hydrogen (secondary N) is 1. The number of rotatable bonds is 6. The monoisotopic (exact) mass is 383 g/mol. The van der Waals surface area contributed by atoms with Crippen LogP contribution in [0.2, 0.25) is 0 Å². The van der Waals surface area contributed by atoms with E-state index < -0.39 is 5.97 Å². The van der Waals surface area contributed by atoms with Gasteiger partial charge in [-0.2, -0.15) is 0 Å². The molecule has 1 N–H and O–H groups in total. The Bertz CT molecular complexity index is 832. The maximum atomic E-state index is 12.4. The van der Waals surface area contributed by atoms with E-state index in [1.54, 1.807) is 37.3 Å². The quantitative estimate of drug-likeness (QED) is 0.772. The van der Waals surface area contributed by atoms with Crippen molar-refractivity contribution in [3.05, 3.63) is 54.1 Å². The summed E-state index contributed by atoms with van der Waals surface area (Å²) in [5, 5.41) is 2.95. The van der Waals surface area contributed by atoms with E-state index >= 15 is 0 Å². The predicted molar refractivity (Wildman–Crippen MR) is 108 cm³/mol. The van der Waals surface area contributed by atoms with Crippen molar-refractivity contribution in [2.24, 2.45) is 0 Å². The van der Waals surface area contributed by atoms with E-state index in [4.69, 9.17) is 9.47 Å². The first kappa shape index (κ1) is 19.5. The van der Waals surface area contributed by atoms with Crippen LogP contribution in [0.3, 0.4) is 0 Å². The van der Waals surface area contributed by atoms with E-state index in [2.05, 4.69) is 10.2 Å². The number of hydrogen-bond acceptors (Lipinski definition) is 6. The normalized spacial score (nSPS) is 13.8. The number of benzene rings is 2. The lowest BCUT2D eigenvalue weighted by Gasteiger charge is -2.36. The number of nitrogens with zero attached hydrogens (tertiary/aromatic N) is 2. The van der Waals surface area contributed by atoms with E-state index in [9.17, 15) is 9.59 Å². The molecule has 0 bridgehead atoms. The van der Waals surface area contributed by atoms with E-state index in [-0.39, 0.29) is 12.5 Å². The SMILES string of the molecule is CNc1ccccc1C(=O)OCC(=O)N1CCN(c2ccccc2OC)CC1. The summed E-state index contributed by atoms with van der Waals surface area (Å²) in [5.74, 6) is 0.125. The Morgan fingerprint density at radius 2 is 1.68 bits per heavy atom. The molecule has 3 rings (SSSR count). The van der Waals surface area contributed by atoms with E-state index in [0.29, 0.717) is 37.4 Å². The first-order chi connectivity index (χ1) is 13.6. The predicted octanol–water partition coefficient (Wildman–Crippen LogP) is 2.24. The van der Waals surface area contributed by atoms with Crippen molar-refractivity contribution < 1.29 is 19.1 Å². The molecule has 28 heavy (non-hydrogen) atoms. The van der Waals surface area contributed by atoms with Crippen molar-refractivity contribution in [1.82, 2.24) is 4.90 Å². The second-order valence-corrected chi connectivity index (χ2v) is 6.41. The molecule has 0 spiro atoms. The van der Waals surface area contributed by atoms with Crippen molar-refractivity contribution in [2.45, 2.75) is 0 Å². The molecule has 0 unspecified atom stereocenters. The second-order valence-electron chi connectivity index (χ2n) is 6.41. The van der Waals surface area contributed by atoms with Gasteiger partial charge in [0.15, 0.2) is 6.61 Å². The maximum Gasteiger partial charge on any atom is 0.340 e. The van der Waals surface area contributed by atoms with Crippen molar-refractivity contribution in [3.63, 3.8) is 0 Å². The standard InChI is InChI=1S/C21H25N3O4/c1-22-17-8-4-3-7-16(17)21(26)28-15-20(25)24-13-11-23(12-14-24)18-9-5-6-10-19(18)27-2/h3-10,22H,11-15H2,1-2H3. The molecule has 0 atom stereocenters. The second kappa shape index (κ2) is 9.12. The number of esters is 1. The number of anilines is 2. The Labute approximate surface area is 164 Å². The molecule has 1 heterocycles. The first-order valence-corrected chi connectivity index (χ1v) is 9.23. The number of carbonyl (C=O) groups is 2. The molecule has 1 aliphatic heterocycles. The van der Waals surface area contributed by atoms with Crippen molar-refractivity contribution in [3.8, 4) is 5.75 Å². The Morgan fingerprint density at radius 1 is 1.00 bits per heavy atom. The van der Waals surface area contributed by atoms with Crippen LogP contribution in [0.1, 0.15) is 10.4 Å². The highest BCUT2D eigenvalue weighted by Gasteiger charge is 2.24.